The molecule has 0 aliphatic carbocycles. The minimum Gasteiger partial charge on any atom is -0.369 e. The second-order valence-electron chi connectivity index (χ2n) is 3.45. The quantitative estimate of drug-likeness (QED) is 0.549. The van der Waals surface area contributed by atoms with Crippen LogP contribution in [0.4, 0.5) is 4.39 Å². The third-order valence-electron chi connectivity index (χ3n) is 1.84. The largest absolute Gasteiger partial charge is 0.369 e. The number of carbonyl (C=O) groups excluding carboxylic acids is 1. The molecule has 0 heterocycles. The molecule has 15 heavy (non-hydrogen) atoms. The lowest BCUT2D eigenvalue weighted by atomic mass is 10.1. The maximum absolute atomic E-state index is 13.3. The predicted molar refractivity (Wildman–Crippen MR) is 57.6 cm³/mol. The molecule has 0 saturated heterocycles. The summed E-state index contributed by atoms with van der Waals surface area (Å²) in [6, 6.07) is 4.50. The number of nitrogens with zero attached hydrogens (tertiary/aromatic N) is 2. The van der Waals surface area contributed by atoms with Crippen molar-refractivity contribution in [3.8, 4) is 0 Å². The maximum atomic E-state index is 13.3. The third kappa shape index (κ3) is 2.87. The summed E-state index contributed by atoms with van der Waals surface area (Å²) in [6.45, 7) is 1.68. The van der Waals surface area contributed by atoms with Crippen molar-refractivity contribution < 1.29 is 9.18 Å². The van der Waals surface area contributed by atoms with Gasteiger partial charge in [-0.05, 0) is 18.6 Å². The zero-order valence-corrected chi connectivity index (χ0v) is 8.99. The second-order valence-corrected chi connectivity index (χ2v) is 3.45. The average molecular weight is 208 g/mol. The number of amides is 1. The van der Waals surface area contributed by atoms with Crippen molar-refractivity contribution in [1.29, 1.82) is 0 Å². The molecule has 0 aliphatic rings. The average Bonchev–Trinajstić information content (AvgIpc) is 2.14. The number of hydrogen-bond acceptors (Lipinski definition) is 1. The van der Waals surface area contributed by atoms with Crippen molar-refractivity contribution in [2.75, 3.05) is 14.1 Å². The zero-order chi connectivity index (χ0) is 11.4. The Balaban J connectivity index is 3.01. The van der Waals surface area contributed by atoms with Crippen LogP contribution in [0.1, 0.15) is 15.9 Å². The van der Waals surface area contributed by atoms with Gasteiger partial charge in [-0.3, -0.25) is 4.79 Å². The molecule has 0 fully saturated rings. The molecule has 0 aromatic heterocycles. The predicted octanol–water partition coefficient (Wildman–Crippen LogP) is 1.86. The molecular formula is C11H13FN2O. The molecule has 0 aliphatic heterocycles. The highest BCUT2D eigenvalue weighted by molar-refractivity contribution is 6.00. The van der Waals surface area contributed by atoms with Crippen LogP contribution in [-0.4, -0.2) is 31.2 Å². The van der Waals surface area contributed by atoms with Gasteiger partial charge in [0.2, 0.25) is 0 Å². The molecule has 1 amide bonds. The van der Waals surface area contributed by atoms with Crippen LogP contribution in [0, 0.1) is 12.7 Å². The topological polar surface area (TPSA) is 32.7 Å². The second kappa shape index (κ2) is 4.68. The summed E-state index contributed by atoms with van der Waals surface area (Å²) >= 11 is 0. The first-order valence-corrected chi connectivity index (χ1v) is 4.52. The van der Waals surface area contributed by atoms with Crippen LogP contribution in [0.15, 0.2) is 23.2 Å². The van der Waals surface area contributed by atoms with E-state index in [9.17, 15) is 9.18 Å². The van der Waals surface area contributed by atoms with Gasteiger partial charge in [-0.15, -0.1) is 0 Å². The SMILES string of the molecule is Cc1cccc(F)c1C(=O)N=CN(C)C. The van der Waals surface area contributed by atoms with E-state index in [0.717, 1.165) is 0 Å². The molecule has 0 atom stereocenters. The molecule has 0 N–H and O–H groups in total. The Morgan fingerprint density at radius 1 is 1.47 bits per heavy atom. The molecule has 0 spiro atoms. The van der Waals surface area contributed by atoms with E-state index < -0.39 is 11.7 Å². The van der Waals surface area contributed by atoms with E-state index in [1.165, 1.54) is 12.4 Å². The number of carbonyl (C=O) groups is 1. The Labute approximate surface area is 88.2 Å². The zero-order valence-electron chi connectivity index (χ0n) is 8.99. The number of aryl methyl sites for hydroxylation is 1. The summed E-state index contributed by atoms with van der Waals surface area (Å²) in [5.74, 6) is -1.09. The lowest BCUT2D eigenvalue weighted by Crippen LogP contribution is -2.11. The monoisotopic (exact) mass is 208 g/mol. The van der Waals surface area contributed by atoms with Gasteiger partial charge in [0.05, 0.1) is 11.9 Å². The molecule has 0 bridgehead atoms. The van der Waals surface area contributed by atoms with Crippen LogP contribution in [0.2, 0.25) is 0 Å². The van der Waals surface area contributed by atoms with Crippen molar-refractivity contribution in [3.05, 3.63) is 35.1 Å². The van der Waals surface area contributed by atoms with E-state index in [1.807, 2.05) is 0 Å². The van der Waals surface area contributed by atoms with Gasteiger partial charge in [0.25, 0.3) is 5.91 Å². The van der Waals surface area contributed by atoms with Gasteiger partial charge in [-0.2, -0.15) is 4.99 Å². The van der Waals surface area contributed by atoms with Gasteiger partial charge in [0.1, 0.15) is 5.82 Å². The van der Waals surface area contributed by atoms with E-state index in [0.29, 0.717) is 5.56 Å². The highest BCUT2D eigenvalue weighted by Gasteiger charge is 2.12. The molecule has 0 saturated carbocycles. The van der Waals surface area contributed by atoms with E-state index in [4.69, 9.17) is 0 Å². The minimum atomic E-state index is -0.556. The van der Waals surface area contributed by atoms with Gasteiger partial charge < -0.3 is 4.90 Å². The van der Waals surface area contributed by atoms with Crippen molar-refractivity contribution in [3.63, 3.8) is 0 Å². The van der Waals surface area contributed by atoms with E-state index in [-0.39, 0.29) is 5.56 Å². The first-order chi connectivity index (χ1) is 7.02. The molecule has 4 heteroatoms. The summed E-state index contributed by atoms with van der Waals surface area (Å²) in [7, 11) is 3.48. The third-order valence-corrected chi connectivity index (χ3v) is 1.84. The molecule has 80 valence electrons. The standard InChI is InChI=1S/C11H13FN2O/c1-8-5-4-6-9(12)10(8)11(15)13-7-14(2)3/h4-7H,1-3H3. The van der Waals surface area contributed by atoms with Crippen molar-refractivity contribution in [1.82, 2.24) is 4.90 Å². The van der Waals surface area contributed by atoms with Crippen LogP contribution in [-0.2, 0) is 0 Å². The van der Waals surface area contributed by atoms with Crippen LogP contribution < -0.4 is 0 Å². The first kappa shape index (κ1) is 11.4. The van der Waals surface area contributed by atoms with Crippen LogP contribution in [0.5, 0.6) is 0 Å². The van der Waals surface area contributed by atoms with E-state index in [2.05, 4.69) is 4.99 Å². The Kier molecular flexibility index (Phi) is 3.55. The van der Waals surface area contributed by atoms with Gasteiger partial charge >= 0.3 is 0 Å². The normalized spacial score (nSPS) is 10.7. The molecule has 1 aromatic carbocycles. The number of rotatable bonds is 2. The van der Waals surface area contributed by atoms with E-state index >= 15 is 0 Å². The van der Waals surface area contributed by atoms with Gasteiger partial charge in [0.15, 0.2) is 0 Å². The smallest absolute Gasteiger partial charge is 0.281 e. The van der Waals surface area contributed by atoms with Gasteiger partial charge in [-0.1, -0.05) is 12.1 Å². The van der Waals surface area contributed by atoms with Crippen LogP contribution in [0.25, 0.3) is 0 Å². The van der Waals surface area contributed by atoms with Crippen molar-refractivity contribution >= 4 is 12.2 Å². The van der Waals surface area contributed by atoms with Gasteiger partial charge in [0, 0.05) is 14.1 Å². The molecule has 1 aromatic rings. The molecule has 0 unspecified atom stereocenters. The Morgan fingerprint density at radius 2 is 2.13 bits per heavy atom. The lowest BCUT2D eigenvalue weighted by Gasteiger charge is -2.04. The number of hydrogen-bond donors (Lipinski definition) is 0. The Morgan fingerprint density at radius 3 is 2.67 bits per heavy atom. The maximum Gasteiger partial charge on any atom is 0.281 e. The number of benzene rings is 1. The fraction of sp³-hybridized carbons (Fsp3) is 0.273. The molecule has 3 nitrogen and oxygen atoms in total. The molecule has 1 rings (SSSR count). The fourth-order valence-electron chi connectivity index (χ4n) is 1.14. The number of halogens is 1. The highest BCUT2D eigenvalue weighted by atomic mass is 19.1. The van der Waals surface area contributed by atoms with Crippen molar-refractivity contribution in [2.24, 2.45) is 4.99 Å². The number of aliphatic imine (C=N–C) groups is 1. The summed E-state index contributed by atoms with van der Waals surface area (Å²) in [6.07, 6.45) is 1.36. The van der Waals surface area contributed by atoms with Gasteiger partial charge in [-0.25, -0.2) is 4.39 Å². The lowest BCUT2D eigenvalue weighted by molar-refractivity contribution is 0.0998. The van der Waals surface area contributed by atoms with Crippen LogP contribution in [0.3, 0.4) is 0 Å². The summed E-state index contributed by atoms with van der Waals surface area (Å²) in [5, 5.41) is 0. The summed E-state index contributed by atoms with van der Waals surface area (Å²) in [4.78, 5) is 16.8. The molecule has 0 radical (unpaired) electrons. The highest BCUT2D eigenvalue weighted by Crippen LogP contribution is 2.13. The van der Waals surface area contributed by atoms with Crippen molar-refractivity contribution in [2.45, 2.75) is 6.92 Å². The fourth-order valence-corrected chi connectivity index (χ4v) is 1.14. The Bertz CT molecular complexity index is 379. The summed E-state index contributed by atoms with van der Waals surface area (Å²) < 4.78 is 13.3. The minimum absolute atomic E-state index is 0.0376. The Hall–Kier alpha value is -1.71. The molecular weight excluding hydrogens is 195 g/mol. The first-order valence-electron chi connectivity index (χ1n) is 4.52. The van der Waals surface area contributed by atoms with Crippen LogP contribution >= 0.6 is 0 Å². The van der Waals surface area contributed by atoms with E-state index in [1.54, 1.807) is 38.1 Å². The summed E-state index contributed by atoms with van der Waals surface area (Å²) in [5.41, 5.74) is 0.631.